The largest absolute Gasteiger partial charge is 0.381 e. The number of fused-ring (bicyclic) bond motifs is 2. The van der Waals surface area contributed by atoms with Gasteiger partial charge in [-0.3, -0.25) is 0 Å². The number of hydrogen-bond donors (Lipinski definition) is 1. The van der Waals surface area contributed by atoms with Gasteiger partial charge in [0.15, 0.2) is 5.82 Å². The molecule has 2 N–H and O–H groups in total. The maximum absolute atomic E-state index is 14.9. The molecule has 190 valence electrons. The second-order valence-electron chi connectivity index (χ2n) is 9.59. The number of nitrogens with two attached hydrogens (primary N) is 1. The summed E-state index contributed by atoms with van der Waals surface area (Å²) in [6, 6.07) is 3.64. The monoisotopic (exact) mass is 483 g/mol. The normalized spacial score (nSPS) is 20.9. The minimum absolute atomic E-state index is 0.258. The maximum atomic E-state index is 14.9. The Morgan fingerprint density at radius 3 is 2.26 bits per heavy atom. The first-order chi connectivity index (χ1) is 17.0. The van der Waals surface area contributed by atoms with Crippen LogP contribution in [0.4, 0.5) is 10.2 Å². The highest BCUT2D eigenvalue weighted by Gasteiger charge is 2.38. The average Bonchev–Trinajstić information content (AvgIpc) is 3.66. The first-order valence-corrected chi connectivity index (χ1v) is 12.9. The van der Waals surface area contributed by atoms with Crippen LogP contribution in [0.2, 0.25) is 0 Å². The first-order valence-electron chi connectivity index (χ1n) is 12.9. The van der Waals surface area contributed by atoms with Gasteiger partial charge in [0, 0.05) is 31.7 Å². The van der Waals surface area contributed by atoms with Crippen LogP contribution in [-0.2, 0) is 11.2 Å². The molecule has 8 heteroatoms. The Bertz CT molecular complexity index is 1120. The van der Waals surface area contributed by atoms with Gasteiger partial charge in [0.05, 0.1) is 5.56 Å². The molecule has 2 unspecified atom stereocenters. The summed E-state index contributed by atoms with van der Waals surface area (Å²) >= 11 is 0. The van der Waals surface area contributed by atoms with E-state index in [1.165, 1.54) is 39.2 Å². The zero-order valence-corrected chi connectivity index (χ0v) is 21.4. The van der Waals surface area contributed by atoms with Crippen molar-refractivity contribution in [2.24, 2.45) is 17.6 Å². The molecule has 0 spiro atoms. The summed E-state index contributed by atoms with van der Waals surface area (Å²) < 4.78 is 25.4. The summed E-state index contributed by atoms with van der Waals surface area (Å²) in [4.78, 5) is 11.6. The zero-order chi connectivity index (χ0) is 24.9. The molecule has 3 aliphatic rings. The molecule has 2 atom stereocenters. The van der Waals surface area contributed by atoms with Gasteiger partial charge < -0.3 is 19.9 Å². The van der Waals surface area contributed by atoms with Crippen LogP contribution in [0, 0.1) is 31.5 Å². The van der Waals surface area contributed by atoms with Gasteiger partial charge >= 0.3 is 0 Å². The Kier molecular flexibility index (Phi) is 8.34. The molecule has 3 aromatic rings. The fraction of sp³-hybridized carbons (Fsp3) is 0.593. The molecule has 4 heterocycles. The highest BCUT2D eigenvalue weighted by Crippen LogP contribution is 2.43. The van der Waals surface area contributed by atoms with Crippen molar-refractivity contribution in [2.45, 2.75) is 59.3 Å². The van der Waals surface area contributed by atoms with Crippen molar-refractivity contribution in [3.8, 4) is 11.5 Å². The Morgan fingerprint density at radius 2 is 1.71 bits per heavy atom. The summed E-state index contributed by atoms with van der Waals surface area (Å²) in [6.07, 6.45) is 7.20. The summed E-state index contributed by atoms with van der Waals surface area (Å²) in [5.74, 6) is 3.01. The predicted molar refractivity (Wildman–Crippen MR) is 137 cm³/mol. The molecular formula is C27H38FN5O2. The van der Waals surface area contributed by atoms with Crippen LogP contribution in [-0.4, -0.2) is 48.5 Å². The van der Waals surface area contributed by atoms with E-state index in [0.29, 0.717) is 29.1 Å². The van der Waals surface area contributed by atoms with E-state index in [9.17, 15) is 4.39 Å². The fourth-order valence-corrected chi connectivity index (χ4v) is 5.52. The highest BCUT2D eigenvalue weighted by atomic mass is 19.1. The zero-order valence-electron chi connectivity index (χ0n) is 21.4. The lowest BCUT2D eigenvalue weighted by molar-refractivity contribution is 0.198. The standard InChI is InChI=1S/C22H25FN4O.C4H8O.CH5N/c1-4-14-8-17-12(2)19(22-24-13(3)26-28-22)21(25-20(17)18(23)9-14)27-10-15-6-5-7-16(15)11-27;1-2-4-5-3-1;1-2/h8-9,15-16H,4-7,10-11H2,1-3H3;1-4H2;2H2,1H3. The van der Waals surface area contributed by atoms with Crippen molar-refractivity contribution in [3.63, 3.8) is 0 Å². The van der Waals surface area contributed by atoms with Crippen LogP contribution in [0.25, 0.3) is 22.4 Å². The fourth-order valence-electron chi connectivity index (χ4n) is 5.52. The van der Waals surface area contributed by atoms with Gasteiger partial charge in [0.2, 0.25) is 0 Å². The smallest absolute Gasteiger partial charge is 0.261 e. The van der Waals surface area contributed by atoms with Crippen molar-refractivity contribution in [3.05, 3.63) is 34.9 Å². The SMILES string of the molecule is C1CCOC1.CCc1cc(F)c2nc(N3CC4CCCC4C3)c(-c3nc(C)no3)c(C)c2c1.CN. The molecule has 1 aromatic carbocycles. The molecule has 2 saturated heterocycles. The van der Waals surface area contributed by atoms with Gasteiger partial charge in [-0.15, -0.1) is 0 Å². The van der Waals surface area contributed by atoms with E-state index in [2.05, 4.69) is 20.8 Å². The van der Waals surface area contributed by atoms with Gasteiger partial charge in [0.25, 0.3) is 5.89 Å². The topological polar surface area (TPSA) is 90.3 Å². The second-order valence-corrected chi connectivity index (χ2v) is 9.59. The van der Waals surface area contributed by atoms with E-state index >= 15 is 0 Å². The summed E-state index contributed by atoms with van der Waals surface area (Å²) in [5, 5.41) is 4.81. The number of ether oxygens (including phenoxy) is 1. The molecule has 2 aromatic heterocycles. The number of aromatic nitrogens is 3. The van der Waals surface area contributed by atoms with Gasteiger partial charge in [-0.05, 0) is 88.1 Å². The molecule has 6 rings (SSSR count). The van der Waals surface area contributed by atoms with Crippen LogP contribution in [0.5, 0.6) is 0 Å². The third kappa shape index (κ3) is 5.33. The van der Waals surface area contributed by atoms with Gasteiger partial charge in [-0.25, -0.2) is 9.37 Å². The number of halogens is 1. The average molecular weight is 484 g/mol. The maximum Gasteiger partial charge on any atom is 0.261 e. The van der Waals surface area contributed by atoms with E-state index in [-0.39, 0.29) is 5.82 Å². The molecule has 0 bridgehead atoms. The molecule has 35 heavy (non-hydrogen) atoms. The van der Waals surface area contributed by atoms with Gasteiger partial charge in [0.1, 0.15) is 17.2 Å². The van der Waals surface area contributed by atoms with Crippen molar-refractivity contribution in [1.29, 1.82) is 0 Å². The van der Waals surface area contributed by atoms with Crippen LogP contribution in [0.15, 0.2) is 16.7 Å². The third-order valence-electron chi connectivity index (χ3n) is 7.35. The second kappa shape index (κ2) is 11.4. The summed E-state index contributed by atoms with van der Waals surface area (Å²) in [5.41, 5.74) is 7.70. The molecule has 3 fully saturated rings. The summed E-state index contributed by atoms with van der Waals surface area (Å²) in [7, 11) is 1.50. The first kappa shape index (κ1) is 25.5. The van der Waals surface area contributed by atoms with Gasteiger partial charge in [-0.2, -0.15) is 4.98 Å². The van der Waals surface area contributed by atoms with E-state index < -0.39 is 0 Å². The number of rotatable bonds is 3. The van der Waals surface area contributed by atoms with Crippen molar-refractivity contribution in [2.75, 3.05) is 38.3 Å². The Hall–Kier alpha value is -2.58. The molecule has 1 aliphatic carbocycles. The third-order valence-corrected chi connectivity index (χ3v) is 7.35. The minimum atomic E-state index is -0.258. The molecule has 0 amide bonds. The van der Waals surface area contributed by atoms with E-state index in [4.69, 9.17) is 14.2 Å². The quantitative estimate of drug-likeness (QED) is 0.547. The summed E-state index contributed by atoms with van der Waals surface area (Å²) in [6.45, 7) is 9.79. The van der Waals surface area contributed by atoms with Crippen molar-refractivity contribution in [1.82, 2.24) is 15.1 Å². The Morgan fingerprint density at radius 1 is 1.03 bits per heavy atom. The molecule has 2 aliphatic heterocycles. The van der Waals surface area contributed by atoms with Crippen molar-refractivity contribution < 1.29 is 13.7 Å². The Balaban J connectivity index is 0.000000362. The highest BCUT2D eigenvalue weighted by molar-refractivity contribution is 5.93. The lowest BCUT2D eigenvalue weighted by Crippen LogP contribution is -2.23. The number of benzene rings is 1. The van der Waals surface area contributed by atoms with Gasteiger partial charge in [-0.1, -0.05) is 18.5 Å². The lowest BCUT2D eigenvalue weighted by atomic mass is 10.00. The predicted octanol–water partition coefficient (Wildman–Crippen LogP) is 5.21. The van der Waals surface area contributed by atoms with E-state index in [0.717, 1.165) is 60.6 Å². The molecule has 0 radical (unpaired) electrons. The van der Waals surface area contributed by atoms with Crippen molar-refractivity contribution >= 4 is 16.7 Å². The molecule has 7 nitrogen and oxygen atoms in total. The van der Waals surface area contributed by atoms with Crippen LogP contribution in [0.3, 0.4) is 0 Å². The lowest BCUT2D eigenvalue weighted by Gasteiger charge is -2.23. The van der Waals surface area contributed by atoms with Crippen LogP contribution in [0.1, 0.15) is 56.0 Å². The Labute approximate surface area is 207 Å². The molecular weight excluding hydrogens is 445 g/mol. The number of hydrogen-bond acceptors (Lipinski definition) is 7. The minimum Gasteiger partial charge on any atom is -0.381 e. The van der Waals surface area contributed by atoms with Crippen LogP contribution < -0.4 is 10.6 Å². The molecule has 1 saturated carbocycles. The van der Waals surface area contributed by atoms with E-state index in [1.807, 2.05) is 26.8 Å². The number of pyridine rings is 1. The van der Waals surface area contributed by atoms with Crippen LogP contribution >= 0.6 is 0 Å². The van der Waals surface area contributed by atoms with E-state index in [1.54, 1.807) is 6.07 Å². The number of nitrogens with zero attached hydrogens (tertiary/aromatic N) is 4. The number of aryl methyl sites for hydroxylation is 3. The number of anilines is 1.